The SMILES string of the molecule is CCNC(=NCc1ccc(-n2nc(C)cc2C)nc1)NCCN1CCOCC1.I. The van der Waals surface area contributed by atoms with E-state index in [1.54, 1.807) is 0 Å². The third-order valence-corrected chi connectivity index (χ3v) is 4.62. The molecule has 1 aliphatic rings. The van der Waals surface area contributed by atoms with Gasteiger partial charge < -0.3 is 15.4 Å². The molecule has 0 atom stereocenters. The molecular weight excluding hydrogens is 481 g/mol. The Kier molecular flexibility index (Phi) is 9.82. The number of rotatable bonds is 7. The van der Waals surface area contributed by atoms with Crippen LogP contribution in [0.1, 0.15) is 23.9 Å². The van der Waals surface area contributed by atoms with Gasteiger partial charge in [0, 0.05) is 44.6 Å². The van der Waals surface area contributed by atoms with Crippen molar-refractivity contribution in [1.82, 2.24) is 30.3 Å². The molecule has 3 rings (SSSR count). The molecule has 2 aromatic heterocycles. The normalized spacial score (nSPS) is 15.1. The van der Waals surface area contributed by atoms with Crippen molar-refractivity contribution in [3.8, 4) is 5.82 Å². The summed E-state index contributed by atoms with van der Waals surface area (Å²) < 4.78 is 7.25. The summed E-state index contributed by atoms with van der Waals surface area (Å²) in [7, 11) is 0. The lowest BCUT2D eigenvalue weighted by molar-refractivity contribution is 0.0389. The lowest BCUT2D eigenvalue weighted by atomic mass is 10.3. The molecule has 2 N–H and O–H groups in total. The number of hydrogen-bond acceptors (Lipinski definition) is 5. The Morgan fingerprint density at radius 2 is 2.00 bits per heavy atom. The number of nitrogens with zero attached hydrogens (tertiary/aromatic N) is 5. The van der Waals surface area contributed by atoms with Gasteiger partial charge in [-0.05, 0) is 38.5 Å². The van der Waals surface area contributed by atoms with Gasteiger partial charge in [-0.25, -0.2) is 14.7 Å². The smallest absolute Gasteiger partial charge is 0.191 e. The Morgan fingerprint density at radius 3 is 2.62 bits per heavy atom. The van der Waals surface area contributed by atoms with Crippen molar-refractivity contribution >= 4 is 29.9 Å². The van der Waals surface area contributed by atoms with Crippen LogP contribution in [0.2, 0.25) is 0 Å². The summed E-state index contributed by atoms with van der Waals surface area (Å²) in [6, 6.07) is 6.09. The highest BCUT2D eigenvalue weighted by Crippen LogP contribution is 2.10. The second-order valence-electron chi connectivity index (χ2n) is 6.94. The zero-order valence-corrected chi connectivity index (χ0v) is 19.8. The van der Waals surface area contributed by atoms with Crippen LogP contribution in [0.15, 0.2) is 29.4 Å². The van der Waals surface area contributed by atoms with E-state index in [2.05, 4.69) is 43.6 Å². The summed E-state index contributed by atoms with van der Waals surface area (Å²) in [5, 5.41) is 11.2. The number of aromatic nitrogens is 3. The number of pyridine rings is 1. The Balaban J connectivity index is 0.00000300. The average Bonchev–Trinajstić information content (AvgIpc) is 3.05. The number of nitrogens with one attached hydrogen (secondary N) is 2. The van der Waals surface area contributed by atoms with Gasteiger partial charge in [-0.2, -0.15) is 5.10 Å². The lowest BCUT2D eigenvalue weighted by Crippen LogP contribution is -2.44. The van der Waals surface area contributed by atoms with Crippen molar-refractivity contribution < 1.29 is 4.74 Å². The summed E-state index contributed by atoms with van der Waals surface area (Å²) in [6.07, 6.45) is 1.87. The number of aryl methyl sites for hydroxylation is 2. The van der Waals surface area contributed by atoms with Crippen molar-refractivity contribution in [3.05, 3.63) is 41.3 Å². The molecule has 0 unspecified atom stereocenters. The lowest BCUT2D eigenvalue weighted by Gasteiger charge is -2.26. The van der Waals surface area contributed by atoms with E-state index in [4.69, 9.17) is 4.74 Å². The van der Waals surface area contributed by atoms with Gasteiger partial charge in [-0.1, -0.05) is 6.07 Å². The van der Waals surface area contributed by atoms with Crippen molar-refractivity contribution in [2.24, 2.45) is 4.99 Å². The van der Waals surface area contributed by atoms with E-state index in [1.807, 2.05) is 36.9 Å². The van der Waals surface area contributed by atoms with Crippen LogP contribution in [0.4, 0.5) is 0 Å². The molecule has 160 valence electrons. The molecule has 1 aliphatic heterocycles. The molecule has 1 saturated heterocycles. The first-order valence-corrected chi connectivity index (χ1v) is 9.96. The van der Waals surface area contributed by atoms with Gasteiger partial charge in [-0.3, -0.25) is 4.90 Å². The molecule has 2 aromatic rings. The molecule has 3 heterocycles. The number of ether oxygens (including phenoxy) is 1. The van der Waals surface area contributed by atoms with Crippen LogP contribution >= 0.6 is 24.0 Å². The zero-order valence-electron chi connectivity index (χ0n) is 17.5. The average molecular weight is 513 g/mol. The summed E-state index contributed by atoms with van der Waals surface area (Å²) in [6.45, 7) is 13.0. The number of hydrogen-bond donors (Lipinski definition) is 2. The third kappa shape index (κ3) is 7.23. The maximum absolute atomic E-state index is 5.39. The summed E-state index contributed by atoms with van der Waals surface area (Å²) >= 11 is 0. The largest absolute Gasteiger partial charge is 0.379 e. The predicted molar refractivity (Wildman–Crippen MR) is 126 cm³/mol. The summed E-state index contributed by atoms with van der Waals surface area (Å²) in [4.78, 5) is 11.6. The van der Waals surface area contributed by atoms with E-state index in [0.717, 1.165) is 74.7 Å². The first-order valence-electron chi connectivity index (χ1n) is 9.96. The zero-order chi connectivity index (χ0) is 19.8. The minimum absolute atomic E-state index is 0. The second kappa shape index (κ2) is 12.1. The Morgan fingerprint density at radius 1 is 1.21 bits per heavy atom. The molecule has 0 aliphatic carbocycles. The highest BCUT2D eigenvalue weighted by atomic mass is 127. The van der Waals surface area contributed by atoms with Crippen molar-refractivity contribution in [1.29, 1.82) is 0 Å². The van der Waals surface area contributed by atoms with Gasteiger partial charge in [0.2, 0.25) is 0 Å². The van der Waals surface area contributed by atoms with E-state index in [9.17, 15) is 0 Å². The molecule has 0 amide bonds. The molecule has 0 spiro atoms. The van der Waals surface area contributed by atoms with Crippen LogP contribution in [0.25, 0.3) is 5.82 Å². The molecular formula is C20H32IN7O. The molecule has 0 aromatic carbocycles. The Labute approximate surface area is 190 Å². The van der Waals surface area contributed by atoms with E-state index in [0.29, 0.717) is 6.54 Å². The van der Waals surface area contributed by atoms with Crippen molar-refractivity contribution in [2.45, 2.75) is 27.3 Å². The minimum atomic E-state index is 0. The maximum atomic E-state index is 5.39. The fourth-order valence-electron chi connectivity index (χ4n) is 3.17. The Hall–Kier alpha value is -1.72. The fourth-order valence-corrected chi connectivity index (χ4v) is 3.17. The number of aliphatic imine (C=N–C) groups is 1. The summed E-state index contributed by atoms with van der Waals surface area (Å²) in [5.74, 6) is 1.66. The molecule has 0 radical (unpaired) electrons. The number of morpholine rings is 1. The number of guanidine groups is 1. The molecule has 1 fully saturated rings. The van der Waals surface area contributed by atoms with Gasteiger partial charge in [0.25, 0.3) is 0 Å². The standard InChI is InChI=1S/C20H31N7O.HI/c1-4-21-20(22-7-8-26-9-11-28-12-10-26)24-15-18-5-6-19(23-14-18)27-17(3)13-16(2)25-27;/h5-6,13-14H,4,7-12,15H2,1-3H3,(H2,21,22,24);1H. The van der Waals surface area contributed by atoms with Crippen molar-refractivity contribution in [3.63, 3.8) is 0 Å². The van der Waals surface area contributed by atoms with Crippen LogP contribution in [-0.4, -0.2) is 71.6 Å². The summed E-state index contributed by atoms with van der Waals surface area (Å²) in [5.41, 5.74) is 3.14. The Bertz CT molecular complexity index is 770. The predicted octanol–water partition coefficient (Wildman–Crippen LogP) is 1.89. The van der Waals surface area contributed by atoms with Gasteiger partial charge >= 0.3 is 0 Å². The minimum Gasteiger partial charge on any atom is -0.379 e. The van der Waals surface area contributed by atoms with Gasteiger partial charge in [0.05, 0.1) is 25.5 Å². The maximum Gasteiger partial charge on any atom is 0.191 e. The third-order valence-electron chi connectivity index (χ3n) is 4.62. The van der Waals surface area contributed by atoms with E-state index >= 15 is 0 Å². The molecule has 9 heteroatoms. The number of halogens is 1. The monoisotopic (exact) mass is 513 g/mol. The van der Waals surface area contributed by atoms with Crippen molar-refractivity contribution in [2.75, 3.05) is 45.9 Å². The van der Waals surface area contributed by atoms with Crippen LogP contribution in [0.3, 0.4) is 0 Å². The van der Waals surface area contributed by atoms with Crippen LogP contribution in [-0.2, 0) is 11.3 Å². The fraction of sp³-hybridized carbons (Fsp3) is 0.550. The van der Waals surface area contributed by atoms with Crippen LogP contribution in [0.5, 0.6) is 0 Å². The van der Waals surface area contributed by atoms with E-state index in [-0.39, 0.29) is 24.0 Å². The highest BCUT2D eigenvalue weighted by molar-refractivity contribution is 14.0. The van der Waals surface area contributed by atoms with Gasteiger partial charge in [0.1, 0.15) is 0 Å². The van der Waals surface area contributed by atoms with Gasteiger partial charge in [0.15, 0.2) is 11.8 Å². The first-order chi connectivity index (χ1) is 13.7. The molecule has 8 nitrogen and oxygen atoms in total. The van der Waals surface area contributed by atoms with E-state index in [1.165, 1.54) is 0 Å². The highest BCUT2D eigenvalue weighted by Gasteiger charge is 2.09. The van der Waals surface area contributed by atoms with E-state index < -0.39 is 0 Å². The van der Waals surface area contributed by atoms with Crippen LogP contribution < -0.4 is 10.6 Å². The molecule has 29 heavy (non-hydrogen) atoms. The quantitative estimate of drug-likeness (QED) is 0.335. The second-order valence-corrected chi connectivity index (χ2v) is 6.94. The van der Waals surface area contributed by atoms with Crippen LogP contribution in [0, 0.1) is 13.8 Å². The molecule has 0 saturated carbocycles. The topological polar surface area (TPSA) is 79.6 Å². The molecule has 0 bridgehead atoms. The first kappa shape index (κ1) is 23.6. The van der Waals surface area contributed by atoms with Gasteiger partial charge in [-0.15, -0.1) is 24.0 Å².